The molecule has 0 atom stereocenters. The Morgan fingerprint density at radius 1 is 0.513 bits per heavy atom. The molecule has 10 rings (SSSR count). The first-order valence-electron chi connectivity index (χ1n) is 14.7. The van der Waals surface area contributed by atoms with Crippen molar-refractivity contribution in [2.45, 2.75) is 37.5 Å². The molecule has 5 aromatic carbocycles. The number of hydrogen-bond acceptors (Lipinski definition) is 0. The molecule has 0 aromatic heterocycles. The van der Waals surface area contributed by atoms with Crippen LogP contribution in [0.2, 0.25) is 0 Å². The molecule has 0 radical (unpaired) electrons. The van der Waals surface area contributed by atoms with Crippen LogP contribution in [-0.4, -0.2) is 0 Å². The molecule has 4 saturated carbocycles. The van der Waals surface area contributed by atoms with Crippen molar-refractivity contribution >= 4 is 26.7 Å². The van der Waals surface area contributed by atoms with Crippen LogP contribution < -0.4 is 0 Å². The van der Waals surface area contributed by atoms with E-state index in [1.54, 1.807) is 11.1 Å². The fourth-order valence-electron chi connectivity index (χ4n) is 9.71. The minimum Gasteiger partial charge on any atom is -0.0616 e. The second kappa shape index (κ2) is 8.18. The minimum absolute atomic E-state index is 0.143. The summed E-state index contributed by atoms with van der Waals surface area (Å²) in [5, 5.41) is 2.76. The Kier molecular flexibility index (Phi) is 4.75. The van der Waals surface area contributed by atoms with Crippen LogP contribution >= 0.6 is 15.9 Å². The van der Waals surface area contributed by atoms with E-state index in [2.05, 4.69) is 119 Å². The van der Waals surface area contributed by atoms with Crippen LogP contribution in [0.4, 0.5) is 0 Å². The second-order valence-corrected chi connectivity index (χ2v) is 13.7. The summed E-state index contributed by atoms with van der Waals surface area (Å²) in [5.41, 5.74) is 11.8. The first-order valence-corrected chi connectivity index (χ1v) is 15.5. The standard InChI is InChI=1S/C38H31Br/c39-32-11-4-9-26(20-32)25-8-3-10-29(19-25)33-12-5-13-34-35-21-27-6-1-2-7-28(27)22-36(35)38(37(33)34)30-15-23-14-24(17-30)18-31(38)16-23/h1-13,19-24,30-31H,14-18H2. The number of benzene rings is 5. The van der Waals surface area contributed by atoms with Gasteiger partial charge in [-0.3, -0.25) is 0 Å². The van der Waals surface area contributed by atoms with Gasteiger partial charge < -0.3 is 0 Å². The lowest BCUT2D eigenvalue weighted by Crippen LogP contribution is -2.55. The highest BCUT2D eigenvalue weighted by Gasteiger charge is 2.62. The van der Waals surface area contributed by atoms with Crippen LogP contribution in [0.5, 0.6) is 0 Å². The van der Waals surface area contributed by atoms with E-state index in [1.807, 2.05) is 0 Å². The molecule has 5 aliphatic carbocycles. The molecule has 5 aromatic rings. The summed E-state index contributed by atoms with van der Waals surface area (Å²) in [4.78, 5) is 0. The van der Waals surface area contributed by atoms with Crippen molar-refractivity contribution in [3.8, 4) is 33.4 Å². The van der Waals surface area contributed by atoms with E-state index >= 15 is 0 Å². The average molecular weight is 568 g/mol. The molecule has 0 nitrogen and oxygen atoms in total. The van der Waals surface area contributed by atoms with Crippen molar-refractivity contribution in [2.24, 2.45) is 23.7 Å². The first-order chi connectivity index (χ1) is 19.2. The molecule has 0 N–H and O–H groups in total. The first kappa shape index (κ1) is 22.6. The van der Waals surface area contributed by atoms with Crippen molar-refractivity contribution in [1.82, 2.24) is 0 Å². The van der Waals surface area contributed by atoms with Gasteiger partial charge in [0.15, 0.2) is 0 Å². The van der Waals surface area contributed by atoms with Gasteiger partial charge in [-0.05, 0) is 141 Å². The highest BCUT2D eigenvalue weighted by molar-refractivity contribution is 9.10. The average Bonchev–Trinajstić information content (AvgIpc) is 3.24. The smallest absolute Gasteiger partial charge is 0.0278 e. The molecular formula is C38H31Br. The highest BCUT2D eigenvalue weighted by Crippen LogP contribution is 2.70. The zero-order valence-corrected chi connectivity index (χ0v) is 23.6. The normalized spacial score (nSPS) is 27.7. The Hall–Kier alpha value is -3.16. The maximum atomic E-state index is 3.68. The molecule has 4 bridgehead atoms. The minimum atomic E-state index is 0.143. The van der Waals surface area contributed by atoms with E-state index in [0.29, 0.717) is 0 Å². The SMILES string of the molecule is Brc1cccc(-c2cccc(-c3cccc4c3C3(c5cc6ccccc6cc5-4)C4CC5CC(C4)CC3C5)c2)c1. The maximum Gasteiger partial charge on any atom is 0.0278 e. The summed E-state index contributed by atoms with van der Waals surface area (Å²) < 4.78 is 1.13. The molecule has 0 saturated heterocycles. The van der Waals surface area contributed by atoms with Crippen molar-refractivity contribution in [1.29, 1.82) is 0 Å². The quantitative estimate of drug-likeness (QED) is 0.199. The van der Waals surface area contributed by atoms with Gasteiger partial charge in [0.2, 0.25) is 0 Å². The Morgan fingerprint density at radius 2 is 1.13 bits per heavy atom. The van der Waals surface area contributed by atoms with E-state index in [4.69, 9.17) is 0 Å². The van der Waals surface area contributed by atoms with Crippen LogP contribution in [0, 0.1) is 23.7 Å². The van der Waals surface area contributed by atoms with Crippen LogP contribution in [0.15, 0.2) is 108 Å². The monoisotopic (exact) mass is 566 g/mol. The molecule has 5 aliphatic rings. The van der Waals surface area contributed by atoms with Gasteiger partial charge in [0.05, 0.1) is 0 Å². The summed E-state index contributed by atoms with van der Waals surface area (Å²) in [7, 11) is 0. The van der Waals surface area contributed by atoms with E-state index in [1.165, 1.54) is 76.3 Å². The van der Waals surface area contributed by atoms with E-state index in [0.717, 1.165) is 28.1 Å². The summed E-state index contributed by atoms with van der Waals surface area (Å²) in [6.07, 6.45) is 7.11. The molecule has 4 fully saturated rings. The third-order valence-electron chi connectivity index (χ3n) is 10.9. The van der Waals surface area contributed by atoms with Crippen molar-refractivity contribution in [2.75, 3.05) is 0 Å². The Bertz CT molecular complexity index is 1760. The molecule has 1 spiro atoms. The van der Waals surface area contributed by atoms with Gasteiger partial charge in [0.1, 0.15) is 0 Å². The molecule has 190 valence electrons. The lowest BCUT2D eigenvalue weighted by molar-refractivity contribution is -0.0396. The van der Waals surface area contributed by atoms with Gasteiger partial charge in [-0.2, -0.15) is 0 Å². The maximum absolute atomic E-state index is 3.68. The van der Waals surface area contributed by atoms with Gasteiger partial charge in [-0.25, -0.2) is 0 Å². The van der Waals surface area contributed by atoms with E-state index < -0.39 is 0 Å². The molecule has 0 heterocycles. The van der Waals surface area contributed by atoms with Gasteiger partial charge in [0.25, 0.3) is 0 Å². The van der Waals surface area contributed by atoms with E-state index in [-0.39, 0.29) is 5.41 Å². The van der Waals surface area contributed by atoms with Crippen molar-refractivity contribution < 1.29 is 0 Å². The fraction of sp³-hybridized carbons (Fsp3) is 0.263. The zero-order chi connectivity index (χ0) is 25.7. The molecule has 0 aliphatic heterocycles. The lowest BCUT2D eigenvalue weighted by atomic mass is 9.42. The number of rotatable bonds is 2. The lowest BCUT2D eigenvalue weighted by Gasteiger charge is -2.61. The Balaban J connectivity index is 1.32. The Labute approximate surface area is 239 Å². The van der Waals surface area contributed by atoms with Crippen molar-refractivity contribution in [3.05, 3.63) is 119 Å². The zero-order valence-electron chi connectivity index (χ0n) is 22.0. The molecule has 0 unspecified atom stereocenters. The summed E-state index contributed by atoms with van der Waals surface area (Å²) in [6.45, 7) is 0. The number of fused-ring (bicyclic) bond motifs is 4. The molecule has 1 heteroatoms. The molecule has 0 amide bonds. The van der Waals surface area contributed by atoms with Crippen LogP contribution in [0.1, 0.15) is 43.2 Å². The largest absolute Gasteiger partial charge is 0.0616 e. The van der Waals surface area contributed by atoms with Gasteiger partial charge in [-0.1, -0.05) is 88.7 Å². The topological polar surface area (TPSA) is 0 Å². The van der Waals surface area contributed by atoms with Gasteiger partial charge >= 0.3 is 0 Å². The van der Waals surface area contributed by atoms with Crippen LogP contribution in [0.25, 0.3) is 44.2 Å². The Morgan fingerprint density at radius 3 is 1.87 bits per heavy atom. The predicted molar refractivity (Wildman–Crippen MR) is 166 cm³/mol. The van der Waals surface area contributed by atoms with Crippen molar-refractivity contribution in [3.63, 3.8) is 0 Å². The number of hydrogen-bond donors (Lipinski definition) is 0. The van der Waals surface area contributed by atoms with Gasteiger partial charge in [0, 0.05) is 9.89 Å². The molecular weight excluding hydrogens is 536 g/mol. The number of halogens is 1. The van der Waals surface area contributed by atoms with Crippen LogP contribution in [0.3, 0.4) is 0 Å². The highest BCUT2D eigenvalue weighted by atomic mass is 79.9. The third kappa shape index (κ3) is 3.11. The second-order valence-electron chi connectivity index (χ2n) is 12.7. The summed E-state index contributed by atoms with van der Waals surface area (Å²) in [5.74, 6) is 3.39. The predicted octanol–water partition coefficient (Wildman–Crippen LogP) is 10.7. The van der Waals surface area contributed by atoms with Crippen LogP contribution in [-0.2, 0) is 5.41 Å². The molecule has 39 heavy (non-hydrogen) atoms. The third-order valence-corrected chi connectivity index (χ3v) is 11.4. The summed E-state index contributed by atoms with van der Waals surface area (Å²) in [6, 6.07) is 39.3. The fourth-order valence-corrected chi connectivity index (χ4v) is 10.1. The summed E-state index contributed by atoms with van der Waals surface area (Å²) >= 11 is 3.68. The van der Waals surface area contributed by atoms with Gasteiger partial charge in [-0.15, -0.1) is 0 Å². The van der Waals surface area contributed by atoms with E-state index in [9.17, 15) is 0 Å².